The van der Waals surface area contributed by atoms with Crippen LogP contribution >= 0.6 is 0 Å². The fraction of sp³-hybridized carbons (Fsp3) is 0.357. The topological polar surface area (TPSA) is 73.0 Å². The Kier molecular flexibility index (Phi) is 4.02. The number of nitrogens with zero attached hydrogens (tertiary/aromatic N) is 3. The summed E-state index contributed by atoms with van der Waals surface area (Å²) in [7, 11) is 0. The van der Waals surface area contributed by atoms with Crippen molar-refractivity contribution in [2.45, 2.75) is 33.9 Å². The van der Waals surface area contributed by atoms with Gasteiger partial charge in [0.05, 0.1) is 11.1 Å². The molecule has 0 bridgehead atoms. The molecule has 106 valence electrons. The molecule has 0 aliphatic carbocycles. The van der Waals surface area contributed by atoms with Crippen LogP contribution in [0.4, 0.5) is 11.4 Å². The Balaban J connectivity index is 2.16. The number of hydrogen-bond donors (Lipinski definition) is 1. The zero-order valence-electron chi connectivity index (χ0n) is 11.9. The minimum Gasteiger partial charge on any atom is -0.380 e. The van der Waals surface area contributed by atoms with Crippen molar-refractivity contribution in [1.82, 2.24) is 9.78 Å². The van der Waals surface area contributed by atoms with Gasteiger partial charge in [0.15, 0.2) is 0 Å². The Labute approximate surface area is 117 Å². The number of benzene rings is 1. The number of nitro groups is 1. The van der Waals surface area contributed by atoms with Crippen LogP contribution in [0.25, 0.3) is 0 Å². The molecular formula is C14H18N4O2. The Morgan fingerprint density at radius 2 is 2.10 bits per heavy atom. The number of nitro benzene ring substituents is 1. The van der Waals surface area contributed by atoms with Gasteiger partial charge < -0.3 is 5.32 Å². The molecule has 2 rings (SSSR count). The standard InChI is InChI=1S/C14H18N4O2/c1-4-17-9-12(8-16-17)7-15-13-6-14(18(19)20)11(3)5-10(13)2/h5-6,8-9,15H,4,7H2,1-3H3. The highest BCUT2D eigenvalue weighted by molar-refractivity contribution is 5.60. The molecule has 2 aromatic rings. The molecule has 1 aromatic carbocycles. The van der Waals surface area contributed by atoms with Crippen LogP contribution in [0.15, 0.2) is 24.5 Å². The molecule has 0 fully saturated rings. The normalized spacial score (nSPS) is 10.6. The number of hydrogen-bond acceptors (Lipinski definition) is 4. The molecule has 0 radical (unpaired) electrons. The Hall–Kier alpha value is -2.37. The summed E-state index contributed by atoms with van der Waals surface area (Å²) >= 11 is 0. The van der Waals surface area contributed by atoms with Crippen molar-refractivity contribution in [3.8, 4) is 0 Å². The third-order valence-corrected chi connectivity index (χ3v) is 3.23. The third kappa shape index (κ3) is 2.96. The van der Waals surface area contributed by atoms with Crippen LogP contribution in [0.2, 0.25) is 0 Å². The van der Waals surface area contributed by atoms with Gasteiger partial charge in [0.25, 0.3) is 5.69 Å². The lowest BCUT2D eigenvalue weighted by atomic mass is 10.1. The van der Waals surface area contributed by atoms with E-state index in [1.54, 1.807) is 19.2 Å². The molecule has 0 amide bonds. The monoisotopic (exact) mass is 274 g/mol. The predicted molar refractivity (Wildman–Crippen MR) is 77.8 cm³/mol. The summed E-state index contributed by atoms with van der Waals surface area (Å²) in [5.74, 6) is 0. The average Bonchev–Trinajstić information content (AvgIpc) is 2.85. The Morgan fingerprint density at radius 1 is 1.35 bits per heavy atom. The largest absolute Gasteiger partial charge is 0.380 e. The van der Waals surface area contributed by atoms with Crippen LogP contribution < -0.4 is 5.32 Å². The molecule has 0 saturated carbocycles. The summed E-state index contributed by atoms with van der Waals surface area (Å²) in [4.78, 5) is 10.6. The van der Waals surface area contributed by atoms with Crippen LogP contribution in [-0.2, 0) is 13.1 Å². The molecule has 1 heterocycles. The molecule has 0 atom stereocenters. The Bertz CT molecular complexity index is 634. The highest BCUT2D eigenvalue weighted by Gasteiger charge is 2.13. The molecule has 6 heteroatoms. The first-order chi connectivity index (χ1) is 9.51. The van der Waals surface area contributed by atoms with E-state index in [2.05, 4.69) is 10.4 Å². The SMILES string of the molecule is CCn1cc(CNc2cc([N+](=O)[O-])c(C)cc2C)cn1. The van der Waals surface area contributed by atoms with Crippen molar-refractivity contribution in [2.75, 3.05) is 5.32 Å². The summed E-state index contributed by atoms with van der Waals surface area (Å²) in [6.45, 7) is 7.14. The van der Waals surface area contributed by atoms with Gasteiger partial charge in [-0.05, 0) is 32.4 Å². The van der Waals surface area contributed by atoms with Crippen molar-refractivity contribution >= 4 is 11.4 Å². The summed E-state index contributed by atoms with van der Waals surface area (Å²) in [6.07, 6.45) is 3.76. The number of aromatic nitrogens is 2. The first-order valence-electron chi connectivity index (χ1n) is 6.52. The van der Waals surface area contributed by atoms with Gasteiger partial charge in [0.1, 0.15) is 0 Å². The van der Waals surface area contributed by atoms with Crippen molar-refractivity contribution in [3.63, 3.8) is 0 Å². The molecule has 1 N–H and O–H groups in total. The lowest BCUT2D eigenvalue weighted by molar-refractivity contribution is -0.385. The maximum Gasteiger partial charge on any atom is 0.274 e. The predicted octanol–water partition coefficient (Wildman–Crippen LogP) is 3.04. The van der Waals surface area contributed by atoms with Gasteiger partial charge in [0, 0.05) is 42.2 Å². The Morgan fingerprint density at radius 3 is 2.70 bits per heavy atom. The van der Waals surface area contributed by atoms with Gasteiger partial charge in [0.2, 0.25) is 0 Å². The van der Waals surface area contributed by atoms with Gasteiger partial charge in [-0.2, -0.15) is 5.10 Å². The fourth-order valence-corrected chi connectivity index (χ4v) is 2.10. The first kappa shape index (κ1) is 14.0. The van der Waals surface area contributed by atoms with E-state index in [1.165, 1.54) is 0 Å². The summed E-state index contributed by atoms with van der Waals surface area (Å²) in [6, 6.07) is 3.42. The van der Waals surface area contributed by atoms with E-state index in [4.69, 9.17) is 0 Å². The van der Waals surface area contributed by atoms with Crippen molar-refractivity contribution in [1.29, 1.82) is 0 Å². The minimum absolute atomic E-state index is 0.141. The summed E-state index contributed by atoms with van der Waals surface area (Å²) in [5.41, 5.74) is 3.65. The zero-order valence-corrected chi connectivity index (χ0v) is 11.9. The second-order valence-electron chi connectivity index (χ2n) is 4.77. The molecular weight excluding hydrogens is 256 g/mol. The van der Waals surface area contributed by atoms with Crippen LogP contribution in [0.3, 0.4) is 0 Å². The van der Waals surface area contributed by atoms with E-state index in [-0.39, 0.29) is 10.6 Å². The van der Waals surface area contributed by atoms with Gasteiger partial charge in [-0.25, -0.2) is 0 Å². The minimum atomic E-state index is -0.352. The summed E-state index contributed by atoms with van der Waals surface area (Å²) < 4.78 is 1.85. The van der Waals surface area contributed by atoms with Crippen LogP contribution in [0.5, 0.6) is 0 Å². The summed E-state index contributed by atoms with van der Waals surface area (Å²) in [5, 5.41) is 18.4. The van der Waals surface area contributed by atoms with Gasteiger partial charge in [-0.15, -0.1) is 0 Å². The van der Waals surface area contributed by atoms with Gasteiger partial charge in [-0.1, -0.05) is 0 Å². The lowest BCUT2D eigenvalue weighted by Crippen LogP contribution is -2.02. The fourth-order valence-electron chi connectivity index (χ4n) is 2.10. The van der Waals surface area contributed by atoms with Crippen molar-refractivity contribution in [2.24, 2.45) is 0 Å². The second kappa shape index (κ2) is 5.73. The molecule has 20 heavy (non-hydrogen) atoms. The van der Waals surface area contributed by atoms with E-state index in [1.807, 2.05) is 30.8 Å². The van der Waals surface area contributed by atoms with Crippen LogP contribution in [0.1, 0.15) is 23.6 Å². The number of anilines is 1. The van der Waals surface area contributed by atoms with Crippen LogP contribution in [-0.4, -0.2) is 14.7 Å². The molecule has 0 aliphatic heterocycles. The molecule has 6 nitrogen and oxygen atoms in total. The first-order valence-corrected chi connectivity index (χ1v) is 6.52. The number of aryl methyl sites for hydroxylation is 3. The molecule has 0 saturated heterocycles. The van der Waals surface area contributed by atoms with E-state index in [9.17, 15) is 10.1 Å². The highest BCUT2D eigenvalue weighted by Crippen LogP contribution is 2.26. The van der Waals surface area contributed by atoms with E-state index >= 15 is 0 Å². The molecule has 1 aromatic heterocycles. The molecule has 0 unspecified atom stereocenters. The number of rotatable bonds is 5. The maximum atomic E-state index is 11.0. The van der Waals surface area contributed by atoms with Crippen LogP contribution in [0, 0.1) is 24.0 Å². The van der Waals surface area contributed by atoms with E-state index < -0.39 is 0 Å². The zero-order chi connectivity index (χ0) is 14.7. The number of nitrogens with one attached hydrogen (secondary N) is 1. The maximum absolute atomic E-state index is 11.0. The van der Waals surface area contributed by atoms with Gasteiger partial charge >= 0.3 is 0 Å². The van der Waals surface area contributed by atoms with Crippen molar-refractivity contribution < 1.29 is 4.92 Å². The molecule has 0 aliphatic rings. The quantitative estimate of drug-likeness (QED) is 0.671. The third-order valence-electron chi connectivity index (χ3n) is 3.23. The highest BCUT2D eigenvalue weighted by atomic mass is 16.6. The lowest BCUT2D eigenvalue weighted by Gasteiger charge is -2.09. The van der Waals surface area contributed by atoms with E-state index in [0.717, 1.165) is 23.4 Å². The smallest absolute Gasteiger partial charge is 0.274 e. The van der Waals surface area contributed by atoms with Crippen molar-refractivity contribution in [3.05, 3.63) is 51.3 Å². The average molecular weight is 274 g/mol. The van der Waals surface area contributed by atoms with E-state index in [0.29, 0.717) is 12.1 Å². The second-order valence-corrected chi connectivity index (χ2v) is 4.77. The van der Waals surface area contributed by atoms with Gasteiger partial charge in [-0.3, -0.25) is 14.8 Å². The molecule has 0 spiro atoms.